The third-order valence-electron chi connectivity index (χ3n) is 4.27. The van der Waals surface area contributed by atoms with Gasteiger partial charge in [-0.1, -0.05) is 25.3 Å². The van der Waals surface area contributed by atoms with Crippen molar-refractivity contribution in [3.05, 3.63) is 23.3 Å². The van der Waals surface area contributed by atoms with Crippen molar-refractivity contribution >= 4 is 5.69 Å². The monoisotopic (exact) mass is 271 g/mol. The number of aryl methyl sites for hydroxylation is 2. The quantitative estimate of drug-likeness (QED) is 0.852. The first-order valence-corrected chi connectivity index (χ1v) is 7.32. The van der Waals surface area contributed by atoms with Crippen LogP contribution in [0, 0.1) is 13.8 Å². The van der Waals surface area contributed by atoms with E-state index >= 15 is 0 Å². The van der Waals surface area contributed by atoms with Crippen LogP contribution in [0.25, 0.3) is 11.4 Å². The van der Waals surface area contributed by atoms with E-state index in [0.717, 1.165) is 22.6 Å². The molecule has 0 aliphatic heterocycles. The van der Waals surface area contributed by atoms with E-state index in [0.29, 0.717) is 6.04 Å². The molecule has 0 atom stereocenters. The lowest BCUT2D eigenvalue weighted by Gasteiger charge is -2.22. The van der Waals surface area contributed by atoms with E-state index in [1.807, 2.05) is 17.7 Å². The van der Waals surface area contributed by atoms with E-state index in [4.69, 9.17) is 5.73 Å². The van der Waals surface area contributed by atoms with Gasteiger partial charge in [0, 0.05) is 11.3 Å². The van der Waals surface area contributed by atoms with Gasteiger partial charge < -0.3 is 5.73 Å². The van der Waals surface area contributed by atoms with Gasteiger partial charge in [0.1, 0.15) is 0 Å². The Morgan fingerprint density at radius 1 is 1.10 bits per heavy atom. The third kappa shape index (κ3) is 2.28. The van der Waals surface area contributed by atoms with Crippen LogP contribution in [0.2, 0.25) is 0 Å². The summed E-state index contributed by atoms with van der Waals surface area (Å²) in [5, 5.41) is 12.4. The van der Waals surface area contributed by atoms with Crippen molar-refractivity contribution < 1.29 is 0 Å². The maximum absolute atomic E-state index is 6.05. The lowest BCUT2D eigenvalue weighted by atomic mass is 9.95. The largest absolute Gasteiger partial charge is 0.398 e. The van der Waals surface area contributed by atoms with Crippen molar-refractivity contribution in [2.75, 3.05) is 5.73 Å². The molecule has 1 fully saturated rings. The molecule has 1 aromatic carbocycles. The number of hydrogen-bond donors (Lipinski definition) is 1. The topological polar surface area (TPSA) is 69.6 Å². The Kier molecular flexibility index (Phi) is 3.42. The van der Waals surface area contributed by atoms with E-state index in [-0.39, 0.29) is 0 Å². The van der Waals surface area contributed by atoms with Gasteiger partial charge in [-0.15, -0.1) is 5.10 Å². The molecular formula is C15H21N5. The molecule has 1 heterocycles. The molecule has 106 valence electrons. The van der Waals surface area contributed by atoms with Gasteiger partial charge in [-0.3, -0.25) is 0 Å². The van der Waals surface area contributed by atoms with Gasteiger partial charge in [0.2, 0.25) is 0 Å². The number of hydrogen-bond acceptors (Lipinski definition) is 4. The first-order valence-electron chi connectivity index (χ1n) is 7.32. The zero-order valence-corrected chi connectivity index (χ0v) is 12.1. The van der Waals surface area contributed by atoms with Crippen LogP contribution >= 0.6 is 0 Å². The van der Waals surface area contributed by atoms with Crippen molar-refractivity contribution in [2.45, 2.75) is 52.0 Å². The van der Waals surface area contributed by atoms with Gasteiger partial charge in [0.25, 0.3) is 0 Å². The Morgan fingerprint density at radius 2 is 1.85 bits per heavy atom. The summed E-state index contributed by atoms with van der Waals surface area (Å²) in [6.07, 6.45) is 6.18. The summed E-state index contributed by atoms with van der Waals surface area (Å²) >= 11 is 0. The Morgan fingerprint density at radius 3 is 2.60 bits per heavy atom. The maximum atomic E-state index is 6.05. The molecule has 5 heteroatoms. The van der Waals surface area contributed by atoms with Gasteiger partial charge in [-0.05, 0) is 54.3 Å². The van der Waals surface area contributed by atoms with E-state index in [9.17, 15) is 0 Å². The minimum atomic E-state index is 0.427. The molecule has 3 rings (SSSR count). The fraction of sp³-hybridized carbons (Fsp3) is 0.533. The molecule has 0 amide bonds. The van der Waals surface area contributed by atoms with Gasteiger partial charge in [0.15, 0.2) is 5.82 Å². The van der Waals surface area contributed by atoms with Gasteiger partial charge in [-0.25, -0.2) is 4.68 Å². The number of rotatable bonds is 2. The fourth-order valence-electron chi connectivity index (χ4n) is 3.05. The molecule has 1 aromatic heterocycles. The van der Waals surface area contributed by atoms with E-state index < -0.39 is 0 Å². The number of tetrazole rings is 1. The summed E-state index contributed by atoms with van der Waals surface area (Å²) < 4.78 is 2.00. The number of benzene rings is 1. The van der Waals surface area contributed by atoms with Crippen molar-refractivity contribution in [1.82, 2.24) is 20.2 Å². The summed E-state index contributed by atoms with van der Waals surface area (Å²) in [4.78, 5) is 0. The van der Waals surface area contributed by atoms with Crippen LogP contribution in [0.1, 0.15) is 49.3 Å². The Balaban J connectivity index is 2.03. The minimum absolute atomic E-state index is 0.427. The first kappa shape index (κ1) is 13.1. The normalized spacial score (nSPS) is 16.5. The van der Waals surface area contributed by atoms with Gasteiger partial charge >= 0.3 is 0 Å². The Labute approximate surface area is 119 Å². The zero-order valence-electron chi connectivity index (χ0n) is 12.1. The van der Waals surface area contributed by atoms with Gasteiger partial charge in [0.05, 0.1) is 6.04 Å². The molecule has 2 aromatic rings. The molecule has 0 radical (unpaired) electrons. The first-order chi connectivity index (χ1) is 9.66. The zero-order chi connectivity index (χ0) is 14.1. The highest BCUT2D eigenvalue weighted by molar-refractivity contribution is 5.67. The summed E-state index contributed by atoms with van der Waals surface area (Å²) in [6.45, 7) is 4.11. The van der Waals surface area contributed by atoms with Crippen LogP contribution in [0.3, 0.4) is 0 Å². The molecule has 2 N–H and O–H groups in total. The molecular weight excluding hydrogens is 250 g/mol. The summed E-state index contributed by atoms with van der Waals surface area (Å²) in [5.41, 5.74) is 10.2. The lowest BCUT2D eigenvalue weighted by molar-refractivity contribution is 0.327. The van der Waals surface area contributed by atoms with Crippen molar-refractivity contribution in [3.63, 3.8) is 0 Å². The second-order valence-electron chi connectivity index (χ2n) is 5.76. The maximum Gasteiger partial charge on any atom is 0.182 e. The van der Waals surface area contributed by atoms with Crippen LogP contribution < -0.4 is 5.73 Å². The smallest absolute Gasteiger partial charge is 0.182 e. The van der Waals surface area contributed by atoms with Crippen LogP contribution in [0.4, 0.5) is 5.69 Å². The highest BCUT2D eigenvalue weighted by Gasteiger charge is 2.21. The standard InChI is InChI=1S/C15H21N5/c1-10-8-11(2)14(16)9-13(10)15-17-18-19-20(15)12-6-4-3-5-7-12/h8-9,12H,3-7,16H2,1-2H3. The molecule has 0 bridgehead atoms. The number of nitrogen functional groups attached to an aromatic ring is 1. The van der Waals surface area contributed by atoms with Crippen LogP contribution in [-0.2, 0) is 0 Å². The second-order valence-corrected chi connectivity index (χ2v) is 5.76. The predicted octanol–water partition coefficient (Wildman–Crippen LogP) is 3.04. The van der Waals surface area contributed by atoms with Gasteiger partial charge in [-0.2, -0.15) is 0 Å². The molecule has 1 aliphatic carbocycles. The van der Waals surface area contributed by atoms with E-state index in [2.05, 4.69) is 28.5 Å². The number of nitrogens with two attached hydrogens (primary N) is 1. The Hall–Kier alpha value is -1.91. The SMILES string of the molecule is Cc1cc(C)c(-c2nnnn2C2CCCCC2)cc1N. The molecule has 0 unspecified atom stereocenters. The number of anilines is 1. The lowest BCUT2D eigenvalue weighted by Crippen LogP contribution is -2.15. The van der Waals surface area contributed by atoms with Crippen molar-refractivity contribution in [2.24, 2.45) is 0 Å². The summed E-state index contributed by atoms with van der Waals surface area (Å²) in [7, 11) is 0. The fourth-order valence-corrected chi connectivity index (χ4v) is 3.05. The second kappa shape index (κ2) is 5.23. The molecule has 1 aliphatic rings. The highest BCUT2D eigenvalue weighted by Crippen LogP contribution is 2.32. The van der Waals surface area contributed by atoms with Crippen LogP contribution in [-0.4, -0.2) is 20.2 Å². The molecule has 1 saturated carbocycles. The van der Waals surface area contributed by atoms with Crippen molar-refractivity contribution in [3.8, 4) is 11.4 Å². The van der Waals surface area contributed by atoms with Crippen LogP contribution in [0.5, 0.6) is 0 Å². The van der Waals surface area contributed by atoms with Crippen LogP contribution in [0.15, 0.2) is 12.1 Å². The molecule has 0 saturated heterocycles. The average Bonchev–Trinajstić information content (AvgIpc) is 2.93. The molecule has 0 spiro atoms. The number of aromatic nitrogens is 4. The third-order valence-corrected chi connectivity index (χ3v) is 4.27. The van der Waals surface area contributed by atoms with Crippen molar-refractivity contribution in [1.29, 1.82) is 0 Å². The van der Waals surface area contributed by atoms with E-state index in [1.165, 1.54) is 37.7 Å². The number of nitrogens with zero attached hydrogens (tertiary/aromatic N) is 4. The molecule has 5 nitrogen and oxygen atoms in total. The minimum Gasteiger partial charge on any atom is -0.398 e. The summed E-state index contributed by atoms with van der Waals surface area (Å²) in [5.74, 6) is 0.848. The van der Waals surface area contributed by atoms with E-state index in [1.54, 1.807) is 0 Å². The predicted molar refractivity (Wildman–Crippen MR) is 79.3 cm³/mol. The average molecular weight is 271 g/mol. The molecule has 20 heavy (non-hydrogen) atoms. The highest BCUT2D eigenvalue weighted by atomic mass is 15.5. The Bertz CT molecular complexity index is 611. The summed E-state index contributed by atoms with van der Waals surface area (Å²) in [6, 6.07) is 4.52.